The molecule has 50 heavy (non-hydrogen) atoms. The highest BCUT2D eigenvalue weighted by atomic mass is 31.2. The maximum absolute atomic E-state index is 16.1. The largest absolute Gasteiger partial charge is 0.309 e. The Morgan fingerprint density at radius 3 is 1.78 bits per heavy atom. The van der Waals surface area contributed by atoms with Crippen LogP contribution in [0.3, 0.4) is 0 Å². The molecule has 9 rings (SSSR count). The quantitative estimate of drug-likeness (QED) is 0.178. The summed E-state index contributed by atoms with van der Waals surface area (Å²) in [6, 6.07) is 51.4. The number of allylic oxidation sites excluding steroid dienone is 8. The molecule has 0 heterocycles. The van der Waals surface area contributed by atoms with Crippen LogP contribution in [0.15, 0.2) is 199 Å². The Labute approximate surface area is 293 Å². The Kier molecular flexibility index (Phi) is 7.63. The molecule has 2 nitrogen and oxygen atoms in total. The normalized spacial score (nSPS) is 16.9. The molecule has 2 atom stereocenters. The lowest BCUT2D eigenvalue weighted by atomic mass is 9.88. The van der Waals surface area contributed by atoms with Gasteiger partial charge in [0.15, 0.2) is 7.14 Å². The fourth-order valence-corrected chi connectivity index (χ4v) is 13.8. The fourth-order valence-electron chi connectivity index (χ4n) is 7.82. The van der Waals surface area contributed by atoms with E-state index in [1.165, 1.54) is 5.57 Å². The highest BCUT2D eigenvalue weighted by molar-refractivity contribution is 7.91. The van der Waals surface area contributed by atoms with E-state index in [9.17, 15) is 4.89 Å². The Balaban J connectivity index is 1.28. The molecule has 4 heteroatoms. The number of rotatable bonds is 6. The van der Waals surface area contributed by atoms with Crippen LogP contribution in [-0.2, 0) is 4.57 Å². The molecule has 0 bridgehead atoms. The average molecular weight is 682 g/mol. The lowest BCUT2D eigenvalue weighted by molar-refractivity contribution is 0.591. The lowest BCUT2D eigenvalue weighted by Crippen LogP contribution is -2.32. The molecule has 0 aliphatic heterocycles. The SMILES string of the molecule is O=P(C1=CC2=CC=CCC2C=C1)(c1ccc([P+](O)(c2cccc3ccccc23)c2cccc3ccccc23)cc1)c1cccc2ccccc12. The van der Waals surface area contributed by atoms with Crippen molar-refractivity contribution >= 4 is 73.5 Å². The molecule has 2 aliphatic carbocycles. The Bertz CT molecular complexity index is 2530. The summed E-state index contributed by atoms with van der Waals surface area (Å²) in [5, 5.41) is 11.4. The molecule has 0 radical (unpaired) electrons. The van der Waals surface area contributed by atoms with Crippen molar-refractivity contribution in [1.29, 1.82) is 0 Å². The Morgan fingerprint density at radius 1 is 0.600 bits per heavy atom. The zero-order valence-electron chi connectivity index (χ0n) is 27.4. The van der Waals surface area contributed by atoms with Crippen molar-refractivity contribution in [3.63, 3.8) is 0 Å². The maximum Gasteiger partial charge on any atom is 0.239 e. The number of hydrogen-bond acceptors (Lipinski definition) is 2. The predicted molar refractivity (Wildman–Crippen MR) is 216 cm³/mol. The molecular formula is C46H35O2P2+. The monoisotopic (exact) mass is 681 g/mol. The van der Waals surface area contributed by atoms with Gasteiger partial charge in [0.25, 0.3) is 0 Å². The van der Waals surface area contributed by atoms with Crippen LogP contribution >= 0.6 is 14.6 Å². The Morgan fingerprint density at radius 2 is 1.14 bits per heavy atom. The molecule has 0 fully saturated rings. The van der Waals surface area contributed by atoms with Gasteiger partial charge < -0.3 is 4.57 Å². The summed E-state index contributed by atoms with van der Waals surface area (Å²) in [7, 11) is -6.55. The summed E-state index contributed by atoms with van der Waals surface area (Å²) in [5.74, 6) is 0.299. The highest BCUT2D eigenvalue weighted by Gasteiger charge is 2.47. The number of fused-ring (bicyclic) bond motifs is 4. The van der Waals surface area contributed by atoms with Crippen molar-refractivity contribution in [2.45, 2.75) is 6.42 Å². The van der Waals surface area contributed by atoms with Crippen molar-refractivity contribution in [3.05, 3.63) is 199 Å². The molecule has 2 aliphatic rings. The second-order valence-electron chi connectivity index (χ2n) is 13.1. The first-order chi connectivity index (χ1) is 24.5. The molecule has 1 N–H and O–H groups in total. The van der Waals surface area contributed by atoms with Gasteiger partial charge in [-0.05, 0) is 76.0 Å². The zero-order valence-corrected chi connectivity index (χ0v) is 29.2. The van der Waals surface area contributed by atoms with Gasteiger partial charge in [-0.15, -0.1) is 0 Å². The molecule has 0 amide bonds. The van der Waals surface area contributed by atoms with Gasteiger partial charge in [-0.25, -0.2) is 4.89 Å². The van der Waals surface area contributed by atoms with E-state index in [0.717, 1.165) is 70.6 Å². The third kappa shape index (κ3) is 4.91. The second kappa shape index (κ2) is 12.3. The highest BCUT2D eigenvalue weighted by Crippen LogP contribution is 2.57. The molecule has 0 saturated heterocycles. The summed E-state index contributed by atoms with van der Waals surface area (Å²) >= 11 is 0. The molecule has 7 aromatic rings. The van der Waals surface area contributed by atoms with Gasteiger partial charge in [0, 0.05) is 32.6 Å². The minimum Gasteiger partial charge on any atom is -0.309 e. The summed E-state index contributed by atoms with van der Waals surface area (Å²) in [5.41, 5.74) is 1.19. The fraction of sp³-hybridized carbons (Fsp3) is 0.0435. The van der Waals surface area contributed by atoms with E-state index >= 15 is 4.57 Å². The van der Waals surface area contributed by atoms with Crippen LogP contribution in [0.5, 0.6) is 0 Å². The van der Waals surface area contributed by atoms with Crippen molar-refractivity contribution in [3.8, 4) is 0 Å². The van der Waals surface area contributed by atoms with Gasteiger partial charge in [-0.2, -0.15) is 0 Å². The van der Waals surface area contributed by atoms with Crippen LogP contribution in [0.2, 0.25) is 0 Å². The first-order valence-electron chi connectivity index (χ1n) is 17.1. The van der Waals surface area contributed by atoms with Crippen molar-refractivity contribution < 1.29 is 9.46 Å². The van der Waals surface area contributed by atoms with E-state index in [-0.39, 0.29) is 0 Å². The van der Waals surface area contributed by atoms with Gasteiger partial charge in [-0.3, -0.25) is 0 Å². The predicted octanol–water partition coefficient (Wildman–Crippen LogP) is 9.62. The van der Waals surface area contributed by atoms with E-state index in [1.54, 1.807) is 0 Å². The van der Waals surface area contributed by atoms with Gasteiger partial charge in [-0.1, -0.05) is 146 Å². The first kappa shape index (κ1) is 30.9. The van der Waals surface area contributed by atoms with E-state index in [4.69, 9.17) is 0 Å². The molecule has 2 unspecified atom stereocenters. The lowest BCUT2D eigenvalue weighted by Gasteiger charge is -2.28. The van der Waals surface area contributed by atoms with Gasteiger partial charge in [0.1, 0.15) is 15.9 Å². The third-order valence-electron chi connectivity index (χ3n) is 10.3. The third-order valence-corrected chi connectivity index (χ3v) is 16.7. The maximum atomic E-state index is 16.1. The smallest absolute Gasteiger partial charge is 0.239 e. The molecule has 0 spiro atoms. The van der Waals surface area contributed by atoms with Crippen molar-refractivity contribution in [2.24, 2.45) is 5.92 Å². The molecule has 240 valence electrons. The van der Waals surface area contributed by atoms with E-state index < -0.39 is 14.6 Å². The van der Waals surface area contributed by atoms with Crippen LogP contribution in [0.4, 0.5) is 0 Å². The van der Waals surface area contributed by atoms with E-state index in [0.29, 0.717) is 5.92 Å². The number of benzene rings is 7. The topological polar surface area (TPSA) is 37.3 Å². The summed E-state index contributed by atoms with van der Waals surface area (Å²) < 4.78 is 16.1. The zero-order chi connectivity index (χ0) is 33.7. The van der Waals surface area contributed by atoms with Gasteiger partial charge in [0.2, 0.25) is 7.49 Å². The van der Waals surface area contributed by atoms with Gasteiger partial charge >= 0.3 is 0 Å². The van der Waals surface area contributed by atoms with Crippen LogP contribution in [-0.4, -0.2) is 4.89 Å². The van der Waals surface area contributed by atoms with Gasteiger partial charge in [0.05, 0.1) is 0 Å². The summed E-state index contributed by atoms with van der Waals surface area (Å²) in [6.07, 6.45) is 13.8. The Hall–Kier alpha value is -5.10. The molecule has 0 saturated carbocycles. The standard InChI is InChI=1S/C46H35O2P2/c47-49(40-27-26-33-12-1-2-16-37(33)32-40,44-23-9-17-34-13-3-6-20-41(34)44)38-28-30-39(31-29-38)50(48,45-24-10-18-35-14-4-7-21-42(35)45)46-25-11-19-36-15-5-8-22-43(36)46/h1-11,13-33,48H,12H2/q+1. The van der Waals surface area contributed by atoms with Crippen LogP contribution in [0, 0.1) is 5.92 Å². The molecule has 7 aromatic carbocycles. The minimum absolute atomic E-state index is 0.299. The number of hydrogen-bond donors (Lipinski definition) is 1. The summed E-state index contributed by atoms with van der Waals surface area (Å²) in [6.45, 7) is 0. The van der Waals surface area contributed by atoms with E-state index in [2.05, 4.69) is 103 Å². The van der Waals surface area contributed by atoms with Crippen molar-refractivity contribution in [2.75, 3.05) is 0 Å². The minimum atomic E-state index is -3.36. The molecule has 0 aromatic heterocycles. The second-order valence-corrected chi connectivity index (χ2v) is 18.6. The average Bonchev–Trinajstić information content (AvgIpc) is 3.19. The summed E-state index contributed by atoms with van der Waals surface area (Å²) in [4.78, 5) is 13.5. The first-order valence-corrected chi connectivity index (χ1v) is 20.6. The van der Waals surface area contributed by atoms with Crippen LogP contribution in [0.1, 0.15) is 6.42 Å². The van der Waals surface area contributed by atoms with Crippen LogP contribution in [0.25, 0.3) is 32.3 Å². The van der Waals surface area contributed by atoms with Crippen LogP contribution < -0.4 is 26.5 Å². The molecular weight excluding hydrogens is 646 g/mol. The van der Waals surface area contributed by atoms with E-state index in [1.807, 2.05) is 84.9 Å². The van der Waals surface area contributed by atoms with Crippen molar-refractivity contribution in [1.82, 2.24) is 0 Å².